The second-order valence-electron chi connectivity index (χ2n) is 8.15. The van der Waals surface area contributed by atoms with Crippen LogP contribution >= 0.6 is 0 Å². The number of aliphatic hydroxyl groups is 2. The van der Waals surface area contributed by atoms with Crippen LogP contribution in [0.1, 0.15) is 56.9 Å². The predicted molar refractivity (Wildman–Crippen MR) is 112 cm³/mol. The van der Waals surface area contributed by atoms with Crippen LogP contribution in [-0.2, 0) is 11.3 Å². The van der Waals surface area contributed by atoms with E-state index in [1.54, 1.807) is 18.2 Å². The van der Waals surface area contributed by atoms with Gasteiger partial charge in [0.25, 0.3) is 0 Å². The summed E-state index contributed by atoms with van der Waals surface area (Å²) in [4.78, 5) is 18.0. The fourth-order valence-corrected chi connectivity index (χ4v) is 4.29. The number of likely N-dealkylation sites (tertiary alicyclic amines) is 1. The van der Waals surface area contributed by atoms with Crippen LogP contribution in [0.5, 0.6) is 0 Å². The lowest BCUT2D eigenvalue weighted by Crippen LogP contribution is -2.36. The van der Waals surface area contributed by atoms with Crippen LogP contribution in [0.25, 0.3) is 0 Å². The van der Waals surface area contributed by atoms with E-state index in [1.165, 1.54) is 6.20 Å². The van der Waals surface area contributed by atoms with E-state index in [4.69, 9.17) is 10.00 Å². The summed E-state index contributed by atoms with van der Waals surface area (Å²) in [7, 11) is 0. The first-order valence-electron chi connectivity index (χ1n) is 10.4. The van der Waals surface area contributed by atoms with Crippen LogP contribution in [0.2, 0.25) is 0 Å². The van der Waals surface area contributed by atoms with Gasteiger partial charge in [0.05, 0.1) is 22.9 Å². The van der Waals surface area contributed by atoms with Gasteiger partial charge >= 0.3 is 5.97 Å². The number of aromatic nitrogens is 1. The minimum absolute atomic E-state index is 0.215. The van der Waals surface area contributed by atoms with Crippen molar-refractivity contribution in [1.29, 1.82) is 5.26 Å². The minimum Gasteiger partial charge on any atom is -0.457 e. The Morgan fingerprint density at radius 2 is 2.16 bits per heavy atom. The van der Waals surface area contributed by atoms with E-state index in [-0.39, 0.29) is 18.6 Å². The molecule has 0 aliphatic carbocycles. The molecule has 1 fully saturated rings. The molecule has 2 aliphatic heterocycles. The fraction of sp³-hybridized carbons (Fsp3) is 0.435. The maximum atomic E-state index is 11.7. The summed E-state index contributed by atoms with van der Waals surface area (Å²) in [5.41, 5.74) is 4.21. The molecule has 4 rings (SSSR count). The molecule has 0 saturated carbocycles. The van der Waals surface area contributed by atoms with Crippen molar-refractivity contribution in [3.05, 3.63) is 64.0 Å². The quantitative estimate of drug-likeness (QED) is 0.573. The van der Waals surface area contributed by atoms with Gasteiger partial charge in [-0.1, -0.05) is 6.07 Å². The highest BCUT2D eigenvalue weighted by Crippen LogP contribution is 2.29. The first kappa shape index (κ1) is 21.4. The van der Waals surface area contributed by atoms with Gasteiger partial charge in [-0.05, 0) is 49.2 Å². The molecule has 1 unspecified atom stereocenters. The Labute approximate surface area is 181 Å². The van der Waals surface area contributed by atoms with Crippen molar-refractivity contribution >= 4 is 5.97 Å². The number of ether oxygens (including phenoxy) is 1. The summed E-state index contributed by atoms with van der Waals surface area (Å²) >= 11 is 0. The highest BCUT2D eigenvalue weighted by molar-refractivity contribution is 5.93. The smallest absolute Gasteiger partial charge is 0.338 e. The zero-order valence-electron chi connectivity index (χ0n) is 17.4. The summed E-state index contributed by atoms with van der Waals surface area (Å²) in [6.45, 7) is 4.70. The topological polar surface area (TPSA) is 119 Å². The number of fused-ring (bicyclic) bond motifs is 1. The van der Waals surface area contributed by atoms with Gasteiger partial charge in [0.15, 0.2) is 0 Å². The number of hydrogen-bond donors (Lipinski definition) is 3. The number of nitriles is 1. The number of carbonyl (C=O) groups is 1. The van der Waals surface area contributed by atoms with E-state index in [2.05, 4.69) is 15.2 Å². The van der Waals surface area contributed by atoms with Crippen LogP contribution in [0.15, 0.2) is 30.5 Å². The van der Waals surface area contributed by atoms with Gasteiger partial charge in [-0.25, -0.2) is 4.79 Å². The van der Waals surface area contributed by atoms with E-state index in [9.17, 15) is 15.0 Å². The van der Waals surface area contributed by atoms with Gasteiger partial charge in [-0.15, -0.1) is 0 Å². The number of aliphatic hydroxyl groups excluding tert-OH is 2. The van der Waals surface area contributed by atoms with Crippen LogP contribution in [0.4, 0.5) is 0 Å². The number of esters is 1. The number of carbonyl (C=O) groups excluding carboxylic acids is 1. The predicted octanol–water partition coefficient (Wildman–Crippen LogP) is 1.36. The van der Waals surface area contributed by atoms with E-state index < -0.39 is 12.2 Å². The lowest BCUT2D eigenvalue weighted by Gasteiger charge is -2.22. The molecule has 2 aliphatic rings. The van der Waals surface area contributed by atoms with Crippen LogP contribution in [-0.4, -0.2) is 58.3 Å². The standard InChI is InChI=1S/C23H26N4O4/c1-14-17(3-4-18-19(14)13-31-23(18)30)22(29)12-27-7-6-16(11-27)25-10-21(28)20-5-2-15(8-24)9-26-20/h2-5,9,16,21-22,25,28-29H,6-7,10-13H2,1H3/t16-,21?,22+/m0/s1. The average molecular weight is 422 g/mol. The highest BCUT2D eigenvalue weighted by Gasteiger charge is 2.28. The third-order valence-corrected chi connectivity index (χ3v) is 6.13. The largest absolute Gasteiger partial charge is 0.457 e. The molecule has 3 heterocycles. The Morgan fingerprint density at radius 3 is 2.90 bits per heavy atom. The van der Waals surface area contributed by atoms with Crippen LogP contribution in [0, 0.1) is 18.3 Å². The molecule has 1 aromatic heterocycles. The number of rotatable bonds is 7. The van der Waals surface area contributed by atoms with Gasteiger partial charge in [0, 0.05) is 37.4 Å². The van der Waals surface area contributed by atoms with Crippen molar-refractivity contribution < 1.29 is 19.7 Å². The number of nitrogens with zero attached hydrogens (tertiary/aromatic N) is 3. The second-order valence-corrected chi connectivity index (χ2v) is 8.15. The lowest BCUT2D eigenvalue weighted by molar-refractivity contribution is 0.0535. The van der Waals surface area contributed by atoms with E-state index >= 15 is 0 Å². The third-order valence-electron chi connectivity index (χ3n) is 6.13. The molecular formula is C23H26N4O4. The first-order chi connectivity index (χ1) is 15.0. The van der Waals surface area contributed by atoms with Gasteiger partial charge in [0.2, 0.25) is 0 Å². The molecular weight excluding hydrogens is 396 g/mol. The molecule has 162 valence electrons. The molecule has 0 bridgehead atoms. The highest BCUT2D eigenvalue weighted by atomic mass is 16.5. The fourth-order valence-electron chi connectivity index (χ4n) is 4.29. The monoisotopic (exact) mass is 422 g/mol. The van der Waals surface area contributed by atoms with E-state index in [0.29, 0.717) is 29.9 Å². The summed E-state index contributed by atoms with van der Waals surface area (Å²) in [5, 5.41) is 33.3. The summed E-state index contributed by atoms with van der Waals surface area (Å²) < 4.78 is 5.10. The number of benzene rings is 1. The molecule has 31 heavy (non-hydrogen) atoms. The number of hydrogen-bond acceptors (Lipinski definition) is 8. The molecule has 8 heteroatoms. The molecule has 3 N–H and O–H groups in total. The van der Waals surface area contributed by atoms with Gasteiger partial charge < -0.3 is 20.3 Å². The van der Waals surface area contributed by atoms with Crippen molar-refractivity contribution in [2.75, 3.05) is 26.2 Å². The van der Waals surface area contributed by atoms with Gasteiger partial charge in [-0.2, -0.15) is 5.26 Å². The first-order valence-corrected chi connectivity index (χ1v) is 10.4. The second kappa shape index (κ2) is 9.12. The number of pyridine rings is 1. The Bertz CT molecular complexity index is 1000. The average Bonchev–Trinajstić information content (AvgIpc) is 3.39. The molecule has 0 radical (unpaired) electrons. The molecule has 1 aromatic carbocycles. The summed E-state index contributed by atoms with van der Waals surface area (Å²) in [6.07, 6.45) is 0.992. The molecule has 8 nitrogen and oxygen atoms in total. The summed E-state index contributed by atoms with van der Waals surface area (Å²) in [5.74, 6) is -0.300. The molecule has 1 saturated heterocycles. The number of cyclic esters (lactones) is 1. The van der Waals surface area contributed by atoms with Crippen molar-refractivity contribution in [1.82, 2.24) is 15.2 Å². The van der Waals surface area contributed by atoms with Crippen molar-refractivity contribution in [2.24, 2.45) is 0 Å². The van der Waals surface area contributed by atoms with Crippen molar-refractivity contribution in [2.45, 2.75) is 38.2 Å². The Morgan fingerprint density at radius 1 is 1.32 bits per heavy atom. The normalized spacial score (nSPS) is 20.2. The van der Waals surface area contributed by atoms with Crippen LogP contribution in [0.3, 0.4) is 0 Å². The van der Waals surface area contributed by atoms with E-state index in [0.717, 1.165) is 36.2 Å². The third kappa shape index (κ3) is 4.60. The Hall–Kier alpha value is -2.83. The van der Waals surface area contributed by atoms with Gasteiger partial charge in [0.1, 0.15) is 18.8 Å². The van der Waals surface area contributed by atoms with Crippen molar-refractivity contribution in [3.8, 4) is 6.07 Å². The van der Waals surface area contributed by atoms with Crippen LogP contribution < -0.4 is 5.32 Å². The maximum Gasteiger partial charge on any atom is 0.338 e. The Balaban J connectivity index is 1.28. The van der Waals surface area contributed by atoms with E-state index in [1.807, 2.05) is 19.1 Å². The maximum absolute atomic E-state index is 11.7. The molecule has 0 spiro atoms. The van der Waals surface area contributed by atoms with Crippen molar-refractivity contribution in [3.63, 3.8) is 0 Å². The van der Waals surface area contributed by atoms with Gasteiger partial charge in [-0.3, -0.25) is 9.88 Å². The molecule has 3 atom stereocenters. The molecule has 2 aromatic rings. The number of nitrogens with one attached hydrogen (secondary N) is 1. The zero-order valence-corrected chi connectivity index (χ0v) is 17.4. The number of β-amino-alcohol motifs (C(OH)–C–C–N with tert-alkyl or cyclic N) is 1. The zero-order chi connectivity index (χ0) is 22.0. The molecule has 0 amide bonds. The SMILES string of the molecule is Cc1c([C@H](O)CN2CC[C@H](NCC(O)c3ccc(C#N)cn3)C2)ccc2c1COC2=O. The Kier molecular flexibility index (Phi) is 6.30. The minimum atomic E-state index is -0.744. The lowest BCUT2D eigenvalue weighted by atomic mass is 9.95. The summed E-state index contributed by atoms with van der Waals surface area (Å²) in [6, 6.07) is 9.10.